The number of allylic oxidation sites excluding steroid dienone is 2. The van der Waals surface area contributed by atoms with E-state index in [1.807, 2.05) is 0 Å². The molecule has 1 fully saturated rings. The first kappa shape index (κ1) is 20.2. The average molecular weight is 214 g/mol. The zero-order chi connectivity index (χ0) is 8.11. The molecule has 0 nitrogen and oxygen atoms in total. The Hall–Kier alpha value is -0.260. The van der Waals surface area contributed by atoms with E-state index >= 15 is 0 Å². The lowest BCUT2D eigenvalue weighted by atomic mass is 9.70. The highest BCUT2D eigenvalue weighted by Crippen LogP contribution is 2.54. The molecule has 0 aliphatic heterocycles. The molecule has 0 aromatic carbocycles. The first-order valence-corrected chi connectivity index (χ1v) is 4.72. The summed E-state index contributed by atoms with van der Waals surface area (Å²) in [6.45, 7) is 7.15. The second-order valence-corrected chi connectivity index (χ2v) is 5.25. The van der Waals surface area contributed by atoms with Gasteiger partial charge in [0.15, 0.2) is 0 Å². The van der Waals surface area contributed by atoms with Crippen LogP contribution < -0.4 is 0 Å². The van der Waals surface area contributed by atoms with Crippen LogP contribution in [0.1, 0.15) is 69.7 Å². The predicted molar refractivity (Wildman–Crippen MR) is 75.3 cm³/mol. The van der Waals surface area contributed by atoms with Crippen LogP contribution in [0.15, 0.2) is 12.2 Å². The van der Waals surface area contributed by atoms with E-state index in [0.717, 1.165) is 5.92 Å². The third kappa shape index (κ3) is 3.36. The monoisotopic (exact) mass is 214 g/mol. The molecule has 0 radical (unpaired) electrons. The lowest BCUT2D eigenvalue weighted by Gasteiger charge is -2.34. The standard InChI is InChI=1S/C11H18.4CH4/c1-10(2)6-7-11(3)5-4-9(10)8-11;;;;/h6-7,9H,4-5,8H2,1-3H3;4*1H4. The molecule has 2 aliphatic carbocycles. The predicted octanol–water partition coefficient (Wildman–Crippen LogP) is 5.93. The van der Waals surface area contributed by atoms with Gasteiger partial charge in [-0.2, -0.15) is 0 Å². The Morgan fingerprint density at radius 1 is 0.933 bits per heavy atom. The van der Waals surface area contributed by atoms with E-state index in [4.69, 9.17) is 0 Å². The molecule has 2 unspecified atom stereocenters. The zero-order valence-corrected chi connectivity index (χ0v) is 7.85. The van der Waals surface area contributed by atoms with Crippen LogP contribution in [0.25, 0.3) is 0 Å². The summed E-state index contributed by atoms with van der Waals surface area (Å²) in [4.78, 5) is 0. The summed E-state index contributed by atoms with van der Waals surface area (Å²) in [6, 6.07) is 0. The van der Waals surface area contributed by atoms with E-state index in [-0.39, 0.29) is 29.7 Å². The second-order valence-electron chi connectivity index (χ2n) is 5.25. The smallest absolute Gasteiger partial charge is 0.0143 e. The molecule has 0 heteroatoms. The number of hydrogen-bond acceptors (Lipinski definition) is 0. The lowest BCUT2D eigenvalue weighted by Crippen LogP contribution is -2.25. The molecule has 2 aliphatic rings. The molecule has 2 rings (SSSR count). The maximum Gasteiger partial charge on any atom is -0.0143 e. The molecule has 0 amide bonds. The van der Waals surface area contributed by atoms with Crippen molar-refractivity contribution in [3.8, 4) is 0 Å². The maximum atomic E-state index is 2.45. The Kier molecular flexibility index (Phi) is 7.70. The van der Waals surface area contributed by atoms with Gasteiger partial charge in [0, 0.05) is 0 Å². The summed E-state index contributed by atoms with van der Waals surface area (Å²) in [7, 11) is 0. The summed E-state index contributed by atoms with van der Waals surface area (Å²) in [5, 5.41) is 0. The SMILES string of the molecule is C.C.C.C.CC12C=CC(C)(C)C(CC1)C2. The zero-order valence-electron chi connectivity index (χ0n) is 7.85. The Morgan fingerprint density at radius 3 is 1.93 bits per heavy atom. The first-order chi connectivity index (χ1) is 5.02. The first-order valence-electron chi connectivity index (χ1n) is 4.72. The minimum Gasteiger partial charge on any atom is -0.0820 e. The van der Waals surface area contributed by atoms with Gasteiger partial charge in [-0.3, -0.25) is 0 Å². The molecular formula is C15H34. The highest BCUT2D eigenvalue weighted by molar-refractivity contribution is 5.14. The fourth-order valence-corrected chi connectivity index (χ4v) is 2.61. The summed E-state index contributed by atoms with van der Waals surface area (Å²) in [5.74, 6) is 0.956. The van der Waals surface area contributed by atoms with E-state index < -0.39 is 0 Å². The van der Waals surface area contributed by atoms with Crippen LogP contribution in [-0.4, -0.2) is 0 Å². The van der Waals surface area contributed by atoms with Crippen molar-refractivity contribution in [2.75, 3.05) is 0 Å². The quantitative estimate of drug-likeness (QED) is 0.438. The minimum absolute atomic E-state index is 0. The largest absolute Gasteiger partial charge is 0.0820 e. The van der Waals surface area contributed by atoms with Crippen molar-refractivity contribution in [3.05, 3.63) is 12.2 Å². The van der Waals surface area contributed by atoms with Crippen molar-refractivity contribution in [2.45, 2.75) is 69.7 Å². The molecule has 0 spiro atoms. The van der Waals surface area contributed by atoms with E-state index in [1.54, 1.807) is 0 Å². The van der Waals surface area contributed by atoms with Crippen LogP contribution in [0, 0.1) is 16.7 Å². The van der Waals surface area contributed by atoms with Crippen molar-refractivity contribution in [1.82, 2.24) is 0 Å². The van der Waals surface area contributed by atoms with E-state index in [1.165, 1.54) is 19.3 Å². The Bertz CT molecular complexity index is 200. The van der Waals surface area contributed by atoms with E-state index in [0.29, 0.717) is 10.8 Å². The van der Waals surface area contributed by atoms with Crippen molar-refractivity contribution in [2.24, 2.45) is 16.7 Å². The normalized spacial score (nSPS) is 33.9. The third-order valence-electron chi connectivity index (χ3n) is 3.74. The third-order valence-corrected chi connectivity index (χ3v) is 3.74. The molecule has 2 atom stereocenters. The molecule has 1 saturated carbocycles. The fraction of sp³-hybridized carbons (Fsp3) is 0.867. The Balaban J connectivity index is -0.000000360. The molecule has 15 heavy (non-hydrogen) atoms. The highest BCUT2D eigenvalue weighted by atomic mass is 14.5. The molecule has 0 aromatic rings. The molecule has 0 N–H and O–H groups in total. The van der Waals surface area contributed by atoms with Gasteiger partial charge in [0.1, 0.15) is 0 Å². The average Bonchev–Trinajstić information content (AvgIpc) is 2.25. The summed E-state index contributed by atoms with van der Waals surface area (Å²) in [5.41, 5.74) is 1.05. The van der Waals surface area contributed by atoms with Crippen LogP contribution >= 0.6 is 0 Å². The topological polar surface area (TPSA) is 0 Å². The fourth-order valence-electron chi connectivity index (χ4n) is 2.61. The highest BCUT2D eigenvalue weighted by Gasteiger charge is 2.43. The van der Waals surface area contributed by atoms with Gasteiger partial charge in [-0.25, -0.2) is 0 Å². The van der Waals surface area contributed by atoms with Crippen LogP contribution in [0.5, 0.6) is 0 Å². The number of fused-ring (bicyclic) bond motifs is 2. The van der Waals surface area contributed by atoms with Gasteiger partial charge in [0.25, 0.3) is 0 Å². The molecule has 0 heterocycles. The van der Waals surface area contributed by atoms with Gasteiger partial charge in [-0.1, -0.05) is 62.6 Å². The summed E-state index contributed by atoms with van der Waals surface area (Å²) >= 11 is 0. The Morgan fingerprint density at radius 2 is 1.47 bits per heavy atom. The Labute approximate surface area is 99.2 Å². The van der Waals surface area contributed by atoms with Crippen LogP contribution in [-0.2, 0) is 0 Å². The summed E-state index contributed by atoms with van der Waals surface area (Å²) in [6.07, 6.45) is 9.18. The number of hydrogen-bond donors (Lipinski definition) is 0. The van der Waals surface area contributed by atoms with Crippen molar-refractivity contribution < 1.29 is 0 Å². The van der Waals surface area contributed by atoms with Crippen molar-refractivity contribution in [1.29, 1.82) is 0 Å². The molecule has 2 bridgehead atoms. The minimum atomic E-state index is 0. The van der Waals surface area contributed by atoms with Crippen molar-refractivity contribution >= 4 is 0 Å². The number of rotatable bonds is 0. The maximum absolute atomic E-state index is 2.45. The van der Waals surface area contributed by atoms with Crippen molar-refractivity contribution in [3.63, 3.8) is 0 Å². The second kappa shape index (κ2) is 5.72. The van der Waals surface area contributed by atoms with Gasteiger partial charge in [-0.15, -0.1) is 0 Å². The summed E-state index contributed by atoms with van der Waals surface area (Å²) < 4.78 is 0. The van der Waals surface area contributed by atoms with Gasteiger partial charge in [0.05, 0.1) is 0 Å². The molecule has 94 valence electrons. The molecule has 0 aromatic heterocycles. The lowest BCUT2D eigenvalue weighted by molar-refractivity contribution is 0.247. The molecule has 0 saturated heterocycles. The van der Waals surface area contributed by atoms with Crippen LogP contribution in [0.2, 0.25) is 0 Å². The van der Waals surface area contributed by atoms with Crippen LogP contribution in [0.4, 0.5) is 0 Å². The van der Waals surface area contributed by atoms with Gasteiger partial charge < -0.3 is 0 Å². The van der Waals surface area contributed by atoms with Crippen LogP contribution in [0.3, 0.4) is 0 Å². The van der Waals surface area contributed by atoms with Gasteiger partial charge in [0.2, 0.25) is 0 Å². The van der Waals surface area contributed by atoms with E-state index in [2.05, 4.69) is 32.9 Å². The molecular weight excluding hydrogens is 180 g/mol. The van der Waals surface area contributed by atoms with E-state index in [9.17, 15) is 0 Å². The van der Waals surface area contributed by atoms with Gasteiger partial charge in [-0.05, 0) is 36.0 Å². The van der Waals surface area contributed by atoms with Gasteiger partial charge >= 0.3 is 0 Å².